The van der Waals surface area contributed by atoms with E-state index in [1.165, 1.54) is 12.0 Å². The van der Waals surface area contributed by atoms with Gasteiger partial charge in [-0.3, -0.25) is 14.5 Å². The van der Waals surface area contributed by atoms with Gasteiger partial charge in [0.15, 0.2) is 5.13 Å². The Morgan fingerprint density at radius 2 is 1.86 bits per heavy atom. The van der Waals surface area contributed by atoms with Gasteiger partial charge in [-0.1, -0.05) is 42.0 Å². The quantitative estimate of drug-likeness (QED) is 0.179. The zero-order valence-electron chi connectivity index (χ0n) is 20.7. The zero-order chi connectivity index (χ0) is 26.9. The third kappa shape index (κ3) is 4.97. The minimum absolute atomic E-state index is 0.0959. The number of ketones is 1. The molecule has 1 atom stereocenters. The Labute approximate surface area is 223 Å². The Kier molecular flexibility index (Phi) is 7.65. The normalized spacial score (nSPS) is 16.8. The fourth-order valence-electron chi connectivity index (χ4n) is 4.08. The summed E-state index contributed by atoms with van der Waals surface area (Å²) >= 11 is 7.02. The Morgan fingerprint density at radius 1 is 1.16 bits per heavy atom. The predicted molar refractivity (Wildman–Crippen MR) is 141 cm³/mol. The third-order valence-electron chi connectivity index (χ3n) is 5.90. The molecule has 2 heterocycles. The van der Waals surface area contributed by atoms with Crippen molar-refractivity contribution in [2.45, 2.75) is 33.2 Å². The molecule has 1 aliphatic rings. The molecule has 8 nitrogen and oxygen atoms in total. The first kappa shape index (κ1) is 26.4. The second-order valence-electron chi connectivity index (χ2n) is 8.45. The van der Waals surface area contributed by atoms with Gasteiger partial charge in [-0.2, -0.15) is 0 Å². The molecule has 1 saturated heterocycles. The summed E-state index contributed by atoms with van der Waals surface area (Å²) in [7, 11) is 1.25. The van der Waals surface area contributed by atoms with Crippen molar-refractivity contribution in [2.24, 2.45) is 0 Å². The number of carbonyl (C=O) groups is 3. The third-order valence-corrected chi connectivity index (χ3v) is 7.29. The number of benzene rings is 2. The molecule has 2 aromatic carbocycles. The number of hydrogen-bond donors (Lipinski definition) is 1. The summed E-state index contributed by atoms with van der Waals surface area (Å²) in [5, 5.41) is 12.0. The van der Waals surface area contributed by atoms with Crippen molar-refractivity contribution in [3.63, 3.8) is 0 Å². The number of anilines is 1. The molecule has 1 unspecified atom stereocenters. The van der Waals surface area contributed by atoms with Crippen LogP contribution in [0.15, 0.2) is 48.0 Å². The van der Waals surface area contributed by atoms with E-state index in [-0.39, 0.29) is 21.3 Å². The lowest BCUT2D eigenvalue weighted by Gasteiger charge is -2.23. The van der Waals surface area contributed by atoms with Gasteiger partial charge < -0.3 is 14.6 Å². The molecule has 1 amide bonds. The van der Waals surface area contributed by atoms with Gasteiger partial charge in [0.2, 0.25) is 0 Å². The van der Waals surface area contributed by atoms with Crippen LogP contribution in [0.2, 0.25) is 5.02 Å². The minimum Gasteiger partial charge on any atom is -0.507 e. The Morgan fingerprint density at radius 3 is 2.49 bits per heavy atom. The predicted octanol–water partition coefficient (Wildman–Crippen LogP) is 5.62. The molecular weight excluding hydrogens is 516 g/mol. The van der Waals surface area contributed by atoms with E-state index in [2.05, 4.69) is 4.98 Å². The summed E-state index contributed by atoms with van der Waals surface area (Å²) in [4.78, 5) is 44.7. The van der Waals surface area contributed by atoms with Gasteiger partial charge >= 0.3 is 11.9 Å². The highest BCUT2D eigenvalue weighted by Crippen LogP contribution is 2.44. The van der Waals surface area contributed by atoms with Crippen LogP contribution in [-0.4, -0.2) is 41.5 Å². The van der Waals surface area contributed by atoms with E-state index >= 15 is 0 Å². The van der Waals surface area contributed by atoms with Crippen molar-refractivity contribution in [1.82, 2.24) is 4.98 Å². The lowest BCUT2D eigenvalue weighted by molar-refractivity contribution is -0.132. The lowest BCUT2D eigenvalue weighted by atomic mass is 9.95. The molecule has 1 aromatic heterocycles. The number of methoxy groups -OCH3 is 1. The van der Waals surface area contributed by atoms with Gasteiger partial charge in [0, 0.05) is 10.6 Å². The monoisotopic (exact) mass is 540 g/mol. The van der Waals surface area contributed by atoms with E-state index in [1.807, 2.05) is 13.8 Å². The first-order valence-corrected chi connectivity index (χ1v) is 12.7. The van der Waals surface area contributed by atoms with Crippen LogP contribution < -0.4 is 9.64 Å². The summed E-state index contributed by atoms with van der Waals surface area (Å²) in [5.41, 5.74) is 1.94. The van der Waals surface area contributed by atoms with Crippen LogP contribution in [0.5, 0.6) is 5.75 Å². The molecule has 192 valence electrons. The molecule has 0 aliphatic carbocycles. The van der Waals surface area contributed by atoms with Gasteiger partial charge in [-0.25, -0.2) is 9.78 Å². The lowest BCUT2D eigenvalue weighted by Crippen LogP contribution is -2.29. The number of aryl methyl sites for hydroxylation is 2. The van der Waals surface area contributed by atoms with E-state index in [0.29, 0.717) is 34.2 Å². The van der Waals surface area contributed by atoms with Crippen molar-refractivity contribution >= 4 is 51.5 Å². The van der Waals surface area contributed by atoms with Gasteiger partial charge in [0.1, 0.15) is 16.4 Å². The number of rotatable bonds is 7. The van der Waals surface area contributed by atoms with Gasteiger partial charge in [0.25, 0.3) is 5.78 Å². The standard InChI is InChI=1S/C27H25ClN2O6S/c1-5-12-36-19-11-8-17(13-14(19)2)22(31)20-21(16-6-9-18(28)10-7-16)30(25(33)23(20)32)27-29-15(3)24(37-27)26(34)35-4/h6-11,13,21,31H,5,12H2,1-4H3. The van der Waals surface area contributed by atoms with Crippen LogP contribution in [-0.2, 0) is 14.3 Å². The zero-order valence-corrected chi connectivity index (χ0v) is 22.3. The molecule has 10 heteroatoms. The van der Waals surface area contributed by atoms with E-state index < -0.39 is 23.7 Å². The highest BCUT2D eigenvalue weighted by atomic mass is 35.5. The highest BCUT2D eigenvalue weighted by Gasteiger charge is 2.48. The van der Waals surface area contributed by atoms with Crippen LogP contribution in [0.3, 0.4) is 0 Å². The molecule has 1 N–H and O–H groups in total. The topological polar surface area (TPSA) is 106 Å². The van der Waals surface area contributed by atoms with E-state index in [9.17, 15) is 19.5 Å². The number of aliphatic hydroxyl groups is 1. The van der Waals surface area contributed by atoms with Crippen molar-refractivity contribution in [2.75, 3.05) is 18.6 Å². The summed E-state index contributed by atoms with van der Waals surface area (Å²) in [6, 6.07) is 10.7. The number of hydrogen-bond acceptors (Lipinski definition) is 8. The van der Waals surface area contributed by atoms with Crippen LogP contribution in [0, 0.1) is 13.8 Å². The van der Waals surface area contributed by atoms with Crippen molar-refractivity contribution in [1.29, 1.82) is 0 Å². The Balaban J connectivity index is 1.88. The fourth-order valence-corrected chi connectivity index (χ4v) is 5.22. The van der Waals surface area contributed by atoms with Crippen molar-refractivity contribution in [3.8, 4) is 5.75 Å². The number of thiazole rings is 1. The Bertz CT molecular complexity index is 1410. The first-order chi connectivity index (χ1) is 17.7. The summed E-state index contributed by atoms with van der Waals surface area (Å²) < 4.78 is 10.5. The molecule has 1 aliphatic heterocycles. The molecule has 37 heavy (non-hydrogen) atoms. The number of aromatic nitrogens is 1. The molecule has 4 rings (SSSR count). The second kappa shape index (κ2) is 10.7. The number of halogens is 1. The average molecular weight is 541 g/mol. The minimum atomic E-state index is -0.996. The maximum Gasteiger partial charge on any atom is 0.350 e. The highest BCUT2D eigenvalue weighted by molar-refractivity contribution is 7.17. The number of carbonyl (C=O) groups excluding carboxylic acids is 3. The second-order valence-corrected chi connectivity index (χ2v) is 9.87. The maximum absolute atomic E-state index is 13.4. The number of ether oxygens (including phenoxy) is 2. The average Bonchev–Trinajstić information content (AvgIpc) is 3.39. The molecule has 3 aromatic rings. The first-order valence-electron chi connectivity index (χ1n) is 11.5. The molecule has 0 radical (unpaired) electrons. The van der Waals surface area contributed by atoms with Crippen LogP contribution in [0.1, 0.15) is 51.4 Å². The van der Waals surface area contributed by atoms with Crippen molar-refractivity contribution in [3.05, 3.63) is 80.3 Å². The Hall–Kier alpha value is -3.69. The fraction of sp³-hybridized carbons (Fsp3) is 0.259. The van der Waals surface area contributed by atoms with Gasteiger partial charge in [0.05, 0.1) is 31.0 Å². The number of nitrogens with zero attached hydrogens (tertiary/aromatic N) is 2. The van der Waals surface area contributed by atoms with E-state index in [0.717, 1.165) is 23.3 Å². The SMILES string of the molecule is CCCOc1ccc(C(O)=C2C(=O)C(=O)N(c3nc(C)c(C(=O)OC)s3)C2c2ccc(Cl)cc2)cc1C. The smallest absolute Gasteiger partial charge is 0.350 e. The molecule has 0 bridgehead atoms. The largest absolute Gasteiger partial charge is 0.507 e. The molecular formula is C27H25ClN2O6S. The van der Waals surface area contributed by atoms with Crippen molar-refractivity contribution < 1.29 is 29.0 Å². The van der Waals surface area contributed by atoms with Gasteiger partial charge in [-0.15, -0.1) is 0 Å². The van der Waals surface area contributed by atoms with E-state index in [4.69, 9.17) is 21.1 Å². The van der Waals surface area contributed by atoms with Crippen LogP contribution >= 0.6 is 22.9 Å². The number of aliphatic hydroxyl groups excluding tert-OH is 1. The number of amides is 1. The van der Waals surface area contributed by atoms with E-state index in [1.54, 1.807) is 49.4 Å². The van der Waals surface area contributed by atoms with Crippen LogP contribution in [0.4, 0.5) is 5.13 Å². The maximum atomic E-state index is 13.4. The molecule has 0 saturated carbocycles. The number of Topliss-reactive ketones (excluding diaryl/α,β-unsaturated/α-hetero) is 1. The number of esters is 1. The molecule has 0 spiro atoms. The summed E-state index contributed by atoms with van der Waals surface area (Å²) in [5.74, 6) is -1.99. The summed E-state index contributed by atoms with van der Waals surface area (Å²) in [6.07, 6.45) is 0.847. The van der Waals surface area contributed by atoms with Crippen LogP contribution in [0.25, 0.3) is 5.76 Å². The summed E-state index contributed by atoms with van der Waals surface area (Å²) in [6.45, 7) is 6.01. The van der Waals surface area contributed by atoms with Gasteiger partial charge in [-0.05, 0) is 61.7 Å². The molecule has 1 fully saturated rings.